The number of rotatable bonds is 4. The highest BCUT2D eigenvalue weighted by atomic mass is 16.2. The molecule has 108 valence electrons. The molecule has 0 aliphatic carbocycles. The lowest BCUT2D eigenvalue weighted by atomic mass is 10.2. The number of nitrogens with two attached hydrogens (primary N) is 1. The number of nitrogen functional groups attached to an aromatic ring is 1. The van der Waals surface area contributed by atoms with Crippen LogP contribution < -0.4 is 11.1 Å². The Bertz CT molecular complexity index is 620. The first kappa shape index (κ1) is 14.1. The summed E-state index contributed by atoms with van der Waals surface area (Å²) in [6, 6.07) is 0. The van der Waals surface area contributed by atoms with E-state index < -0.39 is 0 Å². The van der Waals surface area contributed by atoms with Gasteiger partial charge in [0.1, 0.15) is 5.69 Å². The lowest BCUT2D eigenvalue weighted by Crippen LogP contribution is -2.26. The molecule has 0 saturated heterocycles. The molecular formula is C13H20N6O. The van der Waals surface area contributed by atoms with Gasteiger partial charge in [0.25, 0.3) is 5.91 Å². The Balaban J connectivity index is 2.13. The predicted molar refractivity (Wildman–Crippen MR) is 76.2 cm³/mol. The van der Waals surface area contributed by atoms with Crippen LogP contribution in [0.5, 0.6) is 0 Å². The fourth-order valence-electron chi connectivity index (χ4n) is 2.28. The predicted octanol–water partition coefficient (Wildman–Crippen LogP) is 0.766. The molecule has 0 spiro atoms. The molecule has 0 saturated carbocycles. The fourth-order valence-corrected chi connectivity index (χ4v) is 2.28. The molecule has 7 heteroatoms. The van der Waals surface area contributed by atoms with Gasteiger partial charge < -0.3 is 11.1 Å². The quantitative estimate of drug-likeness (QED) is 0.862. The number of nitrogens with one attached hydrogen (secondary N) is 1. The molecule has 3 N–H and O–H groups in total. The van der Waals surface area contributed by atoms with E-state index >= 15 is 0 Å². The number of carbonyl (C=O) groups excluding carboxylic acids is 1. The minimum absolute atomic E-state index is 0.231. The van der Waals surface area contributed by atoms with E-state index in [1.807, 2.05) is 25.5 Å². The Labute approximate surface area is 117 Å². The number of hydrogen-bond donors (Lipinski definition) is 2. The van der Waals surface area contributed by atoms with Gasteiger partial charge in [-0.05, 0) is 20.8 Å². The zero-order valence-electron chi connectivity index (χ0n) is 12.3. The molecule has 7 nitrogen and oxygen atoms in total. The molecule has 2 aromatic rings. The van der Waals surface area contributed by atoms with E-state index in [1.165, 1.54) is 10.9 Å². The van der Waals surface area contributed by atoms with Gasteiger partial charge in [-0.15, -0.1) is 0 Å². The maximum absolute atomic E-state index is 12.1. The monoisotopic (exact) mass is 276 g/mol. The Morgan fingerprint density at radius 1 is 1.45 bits per heavy atom. The lowest BCUT2D eigenvalue weighted by Gasteiger charge is -2.07. The number of aromatic nitrogens is 4. The third kappa shape index (κ3) is 2.38. The average molecular weight is 276 g/mol. The van der Waals surface area contributed by atoms with E-state index in [4.69, 9.17) is 5.73 Å². The number of nitrogens with zero attached hydrogens (tertiary/aromatic N) is 4. The molecule has 0 unspecified atom stereocenters. The van der Waals surface area contributed by atoms with E-state index in [-0.39, 0.29) is 5.91 Å². The van der Waals surface area contributed by atoms with Crippen molar-refractivity contribution in [2.45, 2.75) is 33.9 Å². The zero-order chi connectivity index (χ0) is 14.9. The summed E-state index contributed by atoms with van der Waals surface area (Å²) >= 11 is 0. The first-order valence-corrected chi connectivity index (χ1v) is 6.54. The summed E-state index contributed by atoms with van der Waals surface area (Å²) in [5, 5.41) is 11.3. The van der Waals surface area contributed by atoms with Crippen LogP contribution in [0, 0.1) is 13.8 Å². The second kappa shape index (κ2) is 5.36. The van der Waals surface area contributed by atoms with Crippen molar-refractivity contribution in [3.05, 3.63) is 28.8 Å². The van der Waals surface area contributed by atoms with E-state index in [0.29, 0.717) is 17.9 Å². The Hall–Kier alpha value is -2.31. The molecule has 2 rings (SSSR count). The minimum Gasteiger partial charge on any atom is -0.396 e. The van der Waals surface area contributed by atoms with Gasteiger partial charge in [-0.25, -0.2) is 0 Å². The molecule has 0 aromatic carbocycles. The lowest BCUT2D eigenvalue weighted by molar-refractivity contribution is 0.0942. The normalized spacial score (nSPS) is 10.8. The van der Waals surface area contributed by atoms with Gasteiger partial charge in [-0.3, -0.25) is 14.2 Å². The van der Waals surface area contributed by atoms with Crippen LogP contribution in [0.3, 0.4) is 0 Å². The van der Waals surface area contributed by atoms with Crippen molar-refractivity contribution < 1.29 is 4.79 Å². The molecule has 0 radical (unpaired) electrons. The van der Waals surface area contributed by atoms with Gasteiger partial charge in [0.15, 0.2) is 0 Å². The third-order valence-electron chi connectivity index (χ3n) is 3.44. The van der Waals surface area contributed by atoms with Crippen LogP contribution in [-0.4, -0.2) is 25.5 Å². The molecule has 0 bridgehead atoms. The SMILES string of the molecule is CCn1nc(C)c(CNC(=O)c2c(N)cnn2C)c1C. The fraction of sp³-hybridized carbons (Fsp3) is 0.462. The summed E-state index contributed by atoms with van der Waals surface area (Å²) in [4.78, 5) is 12.1. The number of aryl methyl sites for hydroxylation is 3. The van der Waals surface area contributed by atoms with Crippen molar-refractivity contribution in [3.63, 3.8) is 0 Å². The third-order valence-corrected chi connectivity index (χ3v) is 3.44. The van der Waals surface area contributed by atoms with E-state index in [0.717, 1.165) is 23.5 Å². The topological polar surface area (TPSA) is 90.8 Å². The van der Waals surface area contributed by atoms with Gasteiger partial charge in [-0.1, -0.05) is 0 Å². The van der Waals surface area contributed by atoms with Crippen molar-refractivity contribution in [3.8, 4) is 0 Å². The van der Waals surface area contributed by atoms with Crippen LogP contribution >= 0.6 is 0 Å². The van der Waals surface area contributed by atoms with E-state index in [1.54, 1.807) is 7.05 Å². The second-order valence-corrected chi connectivity index (χ2v) is 4.72. The molecular weight excluding hydrogens is 256 g/mol. The van der Waals surface area contributed by atoms with Gasteiger partial charge >= 0.3 is 0 Å². The van der Waals surface area contributed by atoms with E-state index in [9.17, 15) is 4.79 Å². The highest BCUT2D eigenvalue weighted by Gasteiger charge is 2.16. The van der Waals surface area contributed by atoms with Crippen molar-refractivity contribution in [2.75, 3.05) is 5.73 Å². The van der Waals surface area contributed by atoms with Gasteiger partial charge in [-0.2, -0.15) is 10.2 Å². The molecule has 20 heavy (non-hydrogen) atoms. The van der Waals surface area contributed by atoms with Crippen molar-refractivity contribution in [1.29, 1.82) is 0 Å². The van der Waals surface area contributed by atoms with Crippen LogP contribution in [-0.2, 0) is 20.1 Å². The number of anilines is 1. The van der Waals surface area contributed by atoms with Crippen LogP contribution in [0.2, 0.25) is 0 Å². The summed E-state index contributed by atoms with van der Waals surface area (Å²) in [5.41, 5.74) is 9.54. The molecule has 0 fully saturated rings. The second-order valence-electron chi connectivity index (χ2n) is 4.72. The smallest absolute Gasteiger partial charge is 0.271 e. The van der Waals surface area contributed by atoms with Crippen molar-refractivity contribution >= 4 is 11.6 Å². The van der Waals surface area contributed by atoms with E-state index in [2.05, 4.69) is 15.5 Å². The number of amides is 1. The highest BCUT2D eigenvalue weighted by molar-refractivity contribution is 5.97. The molecule has 0 aliphatic heterocycles. The molecule has 0 atom stereocenters. The Morgan fingerprint density at radius 3 is 2.65 bits per heavy atom. The maximum Gasteiger partial charge on any atom is 0.271 e. The zero-order valence-corrected chi connectivity index (χ0v) is 12.3. The molecule has 2 heterocycles. The number of hydrogen-bond acceptors (Lipinski definition) is 4. The Morgan fingerprint density at radius 2 is 2.15 bits per heavy atom. The number of carbonyl (C=O) groups is 1. The summed E-state index contributed by atoms with van der Waals surface area (Å²) < 4.78 is 3.40. The van der Waals surface area contributed by atoms with Crippen LogP contribution in [0.15, 0.2) is 6.20 Å². The van der Waals surface area contributed by atoms with Crippen LogP contribution in [0.25, 0.3) is 0 Å². The minimum atomic E-state index is -0.231. The molecule has 1 amide bonds. The van der Waals surface area contributed by atoms with Gasteiger partial charge in [0.2, 0.25) is 0 Å². The summed E-state index contributed by atoms with van der Waals surface area (Å²) in [6.45, 7) is 7.23. The van der Waals surface area contributed by atoms with Gasteiger partial charge in [0, 0.05) is 31.4 Å². The first-order chi connectivity index (χ1) is 9.45. The average Bonchev–Trinajstić information content (AvgIpc) is 2.88. The standard InChI is InChI=1S/C13H20N6O/c1-5-19-9(3)10(8(2)17-19)6-15-13(20)12-11(14)7-16-18(12)4/h7H,5-6,14H2,1-4H3,(H,15,20). The van der Waals surface area contributed by atoms with Crippen molar-refractivity contribution in [2.24, 2.45) is 7.05 Å². The largest absolute Gasteiger partial charge is 0.396 e. The molecule has 2 aromatic heterocycles. The summed E-state index contributed by atoms with van der Waals surface area (Å²) in [5.74, 6) is -0.231. The van der Waals surface area contributed by atoms with Crippen LogP contribution in [0.1, 0.15) is 34.4 Å². The summed E-state index contributed by atoms with van der Waals surface area (Å²) in [7, 11) is 1.69. The highest BCUT2D eigenvalue weighted by Crippen LogP contribution is 2.14. The Kier molecular flexibility index (Phi) is 3.78. The summed E-state index contributed by atoms with van der Waals surface area (Å²) in [6.07, 6.45) is 1.47. The first-order valence-electron chi connectivity index (χ1n) is 6.54. The van der Waals surface area contributed by atoms with Crippen LogP contribution in [0.4, 0.5) is 5.69 Å². The maximum atomic E-state index is 12.1. The van der Waals surface area contributed by atoms with Crippen molar-refractivity contribution in [1.82, 2.24) is 24.9 Å². The molecule has 0 aliphatic rings. The van der Waals surface area contributed by atoms with Gasteiger partial charge in [0.05, 0.1) is 17.6 Å².